The molecule has 11 heteroatoms. The molecule has 0 radical (unpaired) electrons. The number of hydrogen-bond acceptors (Lipinski definition) is 4. The van der Waals surface area contributed by atoms with E-state index in [0.717, 1.165) is 34.3 Å². The number of hydrogen-bond donors (Lipinski definition) is 1. The Bertz CT molecular complexity index is 1020. The lowest BCUT2D eigenvalue weighted by atomic mass is 10.2. The predicted octanol–water partition coefficient (Wildman–Crippen LogP) is 4.48. The zero-order chi connectivity index (χ0) is 22.5. The number of carbonyl (C=O) groups is 1. The van der Waals surface area contributed by atoms with Crippen LogP contribution in [0.4, 0.5) is 14.5 Å². The van der Waals surface area contributed by atoms with Gasteiger partial charge in [-0.15, -0.1) is 0 Å². The maximum absolute atomic E-state index is 13.6. The van der Waals surface area contributed by atoms with Crippen molar-refractivity contribution in [2.45, 2.75) is 18.7 Å². The summed E-state index contributed by atoms with van der Waals surface area (Å²) >= 11 is 13.4. The molecule has 30 heavy (non-hydrogen) atoms. The predicted molar refractivity (Wildman–Crippen MR) is 119 cm³/mol. The summed E-state index contributed by atoms with van der Waals surface area (Å²) in [6, 6.07) is 6.85. The molecule has 0 saturated carbocycles. The summed E-state index contributed by atoms with van der Waals surface area (Å²) in [6.45, 7) is 1.67. The Labute approximate surface area is 188 Å². The van der Waals surface area contributed by atoms with Crippen molar-refractivity contribution in [1.82, 2.24) is 5.32 Å². The second kappa shape index (κ2) is 10.7. The summed E-state index contributed by atoms with van der Waals surface area (Å²) in [5, 5.41) is 3.60. The van der Waals surface area contributed by atoms with Crippen molar-refractivity contribution in [2.24, 2.45) is 0 Å². The molecule has 5 nitrogen and oxygen atoms in total. The van der Waals surface area contributed by atoms with E-state index in [4.69, 9.17) is 23.2 Å². The molecule has 0 fully saturated rings. The molecule has 1 N–H and O–H groups in total. The monoisotopic (exact) mass is 496 g/mol. The maximum atomic E-state index is 13.6. The largest absolute Gasteiger partial charge is 0.353 e. The van der Waals surface area contributed by atoms with Crippen molar-refractivity contribution < 1.29 is 22.0 Å². The molecule has 164 valence electrons. The maximum Gasteiger partial charge on any atom is 0.243 e. The highest BCUT2D eigenvalue weighted by Gasteiger charge is 2.29. The van der Waals surface area contributed by atoms with Gasteiger partial charge in [0.05, 0.1) is 22.0 Å². The lowest BCUT2D eigenvalue weighted by Gasteiger charge is -2.28. The zero-order valence-electron chi connectivity index (χ0n) is 16.2. The number of rotatable bonds is 9. The van der Waals surface area contributed by atoms with Crippen molar-refractivity contribution in [1.29, 1.82) is 0 Å². The molecular weight excluding hydrogens is 477 g/mol. The van der Waals surface area contributed by atoms with Crippen LogP contribution in [-0.2, 0) is 20.6 Å². The van der Waals surface area contributed by atoms with Gasteiger partial charge < -0.3 is 5.32 Å². The minimum absolute atomic E-state index is 0.131. The fourth-order valence-electron chi connectivity index (χ4n) is 2.64. The van der Waals surface area contributed by atoms with Gasteiger partial charge in [-0.25, -0.2) is 17.2 Å². The summed E-state index contributed by atoms with van der Waals surface area (Å²) in [4.78, 5) is 12.4. The molecule has 0 unspecified atom stereocenters. The smallest absolute Gasteiger partial charge is 0.243 e. The Morgan fingerprint density at radius 1 is 1.13 bits per heavy atom. The SMILES string of the molecule is C[C@H](C(=O)NCCSCc1ccc(Cl)c(Cl)c1)N(c1ccc(F)c(F)c1)S(C)(=O)=O. The van der Waals surface area contributed by atoms with Crippen LogP contribution in [0, 0.1) is 11.6 Å². The number of halogens is 4. The van der Waals surface area contributed by atoms with Crippen molar-refractivity contribution in [2.75, 3.05) is 22.9 Å². The van der Waals surface area contributed by atoms with E-state index in [1.54, 1.807) is 23.9 Å². The van der Waals surface area contributed by atoms with Gasteiger partial charge in [0.15, 0.2) is 11.6 Å². The van der Waals surface area contributed by atoms with E-state index >= 15 is 0 Å². The minimum Gasteiger partial charge on any atom is -0.353 e. The van der Waals surface area contributed by atoms with Crippen molar-refractivity contribution in [3.8, 4) is 0 Å². The minimum atomic E-state index is -3.92. The van der Waals surface area contributed by atoms with E-state index in [0.29, 0.717) is 28.1 Å². The zero-order valence-corrected chi connectivity index (χ0v) is 19.3. The van der Waals surface area contributed by atoms with E-state index in [-0.39, 0.29) is 5.69 Å². The van der Waals surface area contributed by atoms with Crippen LogP contribution in [0.1, 0.15) is 12.5 Å². The molecule has 2 rings (SSSR count). The third-order valence-corrected chi connectivity index (χ3v) is 7.06. The molecule has 0 saturated heterocycles. The van der Waals surface area contributed by atoms with Crippen LogP contribution < -0.4 is 9.62 Å². The lowest BCUT2D eigenvalue weighted by Crippen LogP contribution is -2.48. The first kappa shape index (κ1) is 24.7. The third-order valence-electron chi connectivity index (χ3n) is 4.04. The Morgan fingerprint density at radius 3 is 2.43 bits per heavy atom. The van der Waals surface area contributed by atoms with Gasteiger partial charge in [-0.05, 0) is 36.8 Å². The normalized spacial score (nSPS) is 12.5. The molecule has 2 aromatic rings. The summed E-state index contributed by atoms with van der Waals surface area (Å²) in [6.07, 6.45) is 0.894. The summed E-state index contributed by atoms with van der Waals surface area (Å²) in [7, 11) is -3.92. The summed E-state index contributed by atoms with van der Waals surface area (Å²) in [5.41, 5.74) is 0.851. The second-order valence-electron chi connectivity index (χ2n) is 6.43. The summed E-state index contributed by atoms with van der Waals surface area (Å²) in [5.74, 6) is -1.63. The van der Waals surface area contributed by atoms with Gasteiger partial charge in [-0.1, -0.05) is 29.3 Å². The van der Waals surface area contributed by atoms with Crippen LogP contribution in [-0.4, -0.2) is 38.9 Å². The first-order valence-corrected chi connectivity index (χ1v) is 12.5. The Kier molecular flexibility index (Phi) is 8.78. The Hall–Kier alpha value is -1.55. The number of nitrogens with one attached hydrogen (secondary N) is 1. The lowest BCUT2D eigenvalue weighted by molar-refractivity contribution is -0.121. The fraction of sp³-hybridized carbons (Fsp3) is 0.316. The quantitative estimate of drug-likeness (QED) is 0.519. The number of amides is 1. The average Bonchev–Trinajstić information content (AvgIpc) is 2.66. The van der Waals surface area contributed by atoms with Crippen LogP contribution in [0.5, 0.6) is 0 Å². The average molecular weight is 497 g/mol. The second-order valence-corrected chi connectivity index (χ2v) is 10.2. The molecule has 1 atom stereocenters. The standard InChI is InChI=1S/C19H20Cl2F2N2O3S2/c1-12(25(30(2,27)28)14-4-6-17(22)18(23)10-14)19(26)24-7-8-29-11-13-3-5-15(20)16(21)9-13/h3-6,9-10,12H,7-8,11H2,1-2H3,(H,24,26)/t12-/m1/s1. The molecular formula is C19H20Cl2F2N2O3S2. The van der Waals surface area contributed by atoms with Crippen molar-refractivity contribution >= 4 is 56.6 Å². The molecule has 0 aliphatic heterocycles. The van der Waals surface area contributed by atoms with Gasteiger partial charge in [0.25, 0.3) is 0 Å². The van der Waals surface area contributed by atoms with Crippen LogP contribution in [0.25, 0.3) is 0 Å². The van der Waals surface area contributed by atoms with Crippen LogP contribution >= 0.6 is 35.0 Å². The van der Waals surface area contributed by atoms with Gasteiger partial charge in [0, 0.05) is 24.1 Å². The van der Waals surface area contributed by atoms with Crippen molar-refractivity contribution in [3.05, 3.63) is 63.6 Å². The van der Waals surface area contributed by atoms with Crippen LogP contribution in [0.15, 0.2) is 36.4 Å². The molecule has 0 aromatic heterocycles. The molecule has 0 bridgehead atoms. The first-order chi connectivity index (χ1) is 14.0. The number of benzene rings is 2. The number of sulfonamides is 1. The van der Waals surface area contributed by atoms with E-state index < -0.39 is 33.6 Å². The highest BCUT2D eigenvalue weighted by Crippen LogP contribution is 2.25. The number of nitrogens with zero attached hydrogens (tertiary/aromatic N) is 1. The van der Waals surface area contributed by atoms with E-state index in [2.05, 4.69) is 5.32 Å². The van der Waals surface area contributed by atoms with Gasteiger partial charge in [-0.3, -0.25) is 9.10 Å². The van der Waals surface area contributed by atoms with E-state index in [9.17, 15) is 22.0 Å². The van der Waals surface area contributed by atoms with Crippen LogP contribution in [0.2, 0.25) is 10.0 Å². The molecule has 0 heterocycles. The van der Waals surface area contributed by atoms with Gasteiger partial charge in [0.1, 0.15) is 6.04 Å². The number of anilines is 1. The number of thioether (sulfide) groups is 1. The van der Waals surface area contributed by atoms with Gasteiger partial charge in [-0.2, -0.15) is 11.8 Å². The Morgan fingerprint density at radius 2 is 1.83 bits per heavy atom. The van der Waals surface area contributed by atoms with Crippen molar-refractivity contribution in [3.63, 3.8) is 0 Å². The topological polar surface area (TPSA) is 66.5 Å². The third kappa shape index (κ3) is 6.73. The highest BCUT2D eigenvalue weighted by atomic mass is 35.5. The molecule has 2 aromatic carbocycles. The highest BCUT2D eigenvalue weighted by molar-refractivity contribution is 7.98. The summed E-state index contributed by atoms with van der Waals surface area (Å²) < 4.78 is 51.8. The van der Waals surface area contributed by atoms with E-state index in [1.165, 1.54) is 6.92 Å². The number of carbonyl (C=O) groups excluding carboxylic acids is 1. The Balaban J connectivity index is 1.93. The van der Waals surface area contributed by atoms with Crippen LogP contribution in [0.3, 0.4) is 0 Å². The molecule has 0 spiro atoms. The molecule has 1 amide bonds. The molecule has 0 aliphatic rings. The first-order valence-electron chi connectivity index (χ1n) is 8.74. The van der Waals surface area contributed by atoms with Gasteiger partial charge >= 0.3 is 0 Å². The molecule has 0 aliphatic carbocycles. The van der Waals surface area contributed by atoms with E-state index in [1.807, 2.05) is 6.07 Å². The van der Waals surface area contributed by atoms with Gasteiger partial charge in [0.2, 0.25) is 15.9 Å². The fourth-order valence-corrected chi connectivity index (χ4v) is 4.94.